The molecule has 0 radical (unpaired) electrons. The van der Waals surface area contributed by atoms with Crippen LogP contribution in [0.15, 0.2) is 11.4 Å². The van der Waals surface area contributed by atoms with Gasteiger partial charge in [-0.1, -0.05) is 38.5 Å². The Kier molecular flexibility index (Phi) is 7.67. The van der Waals surface area contributed by atoms with Crippen molar-refractivity contribution in [3.8, 4) is 6.07 Å². The zero-order valence-electron chi connectivity index (χ0n) is 13.3. The Labute approximate surface area is 135 Å². The van der Waals surface area contributed by atoms with E-state index in [2.05, 4.69) is 29.1 Å². The Bertz CT molecular complexity index is 541. The lowest BCUT2D eigenvalue weighted by atomic mass is 10.0. The topological polar surface area (TPSA) is 105 Å². The molecule has 7 heteroatoms. The molecule has 1 heterocycles. The van der Waals surface area contributed by atoms with Gasteiger partial charge >= 0.3 is 0 Å². The lowest BCUT2D eigenvalue weighted by Crippen LogP contribution is -2.33. The second kappa shape index (κ2) is 9.26. The molecule has 0 aromatic carbocycles. The maximum Gasteiger partial charge on any atom is 0.230 e. The van der Waals surface area contributed by atoms with Gasteiger partial charge in [0.25, 0.3) is 0 Å². The van der Waals surface area contributed by atoms with Gasteiger partial charge in [-0.2, -0.15) is 5.26 Å². The molecule has 0 aliphatic rings. The van der Waals surface area contributed by atoms with Gasteiger partial charge in [0.1, 0.15) is 17.5 Å². The number of nitrogens with one attached hydrogen (secondary N) is 1. The molecule has 120 valence electrons. The van der Waals surface area contributed by atoms with Gasteiger partial charge in [-0.3, -0.25) is 4.79 Å². The largest absolute Gasteiger partial charge is 0.382 e. The number of rotatable bonds is 8. The van der Waals surface area contributed by atoms with Crippen LogP contribution in [0.25, 0.3) is 0 Å². The Balaban J connectivity index is 2.34. The number of nitrogens with two attached hydrogens (primary N) is 1. The van der Waals surface area contributed by atoms with Crippen molar-refractivity contribution in [1.29, 1.82) is 5.26 Å². The first-order valence-corrected chi connectivity index (χ1v) is 8.35. The molecule has 0 fully saturated rings. The Morgan fingerprint density at radius 1 is 1.45 bits per heavy atom. The highest BCUT2D eigenvalue weighted by Gasteiger charge is 2.10. The number of nitrogens with zero attached hydrogens (tertiary/aromatic N) is 3. The lowest BCUT2D eigenvalue weighted by molar-refractivity contribution is -0.119. The third-order valence-electron chi connectivity index (χ3n) is 3.07. The third kappa shape index (κ3) is 6.76. The number of anilines is 1. The van der Waals surface area contributed by atoms with E-state index in [1.54, 1.807) is 0 Å². The SMILES string of the molecule is CC(C)CCC[C@@H](C)NC(=O)CSc1ncc(C#N)c(N)n1. The molecular weight excluding hydrogens is 298 g/mol. The zero-order valence-corrected chi connectivity index (χ0v) is 14.1. The van der Waals surface area contributed by atoms with Crippen LogP contribution in [0.2, 0.25) is 0 Å². The van der Waals surface area contributed by atoms with Crippen molar-refractivity contribution in [1.82, 2.24) is 15.3 Å². The number of amides is 1. The second-order valence-electron chi connectivity index (χ2n) is 5.65. The molecule has 1 amide bonds. The van der Waals surface area contributed by atoms with Gasteiger partial charge in [-0.15, -0.1) is 0 Å². The fraction of sp³-hybridized carbons (Fsp3) is 0.600. The highest BCUT2D eigenvalue weighted by molar-refractivity contribution is 7.99. The summed E-state index contributed by atoms with van der Waals surface area (Å²) < 4.78 is 0. The normalized spacial score (nSPS) is 12.0. The van der Waals surface area contributed by atoms with Crippen molar-refractivity contribution in [3.63, 3.8) is 0 Å². The van der Waals surface area contributed by atoms with Gasteiger partial charge < -0.3 is 11.1 Å². The fourth-order valence-corrected chi connectivity index (χ4v) is 2.52. The summed E-state index contributed by atoms with van der Waals surface area (Å²) in [5.74, 6) is 1.02. The summed E-state index contributed by atoms with van der Waals surface area (Å²) in [4.78, 5) is 19.9. The summed E-state index contributed by atoms with van der Waals surface area (Å²) in [6.07, 6.45) is 4.64. The summed E-state index contributed by atoms with van der Waals surface area (Å²) >= 11 is 1.21. The third-order valence-corrected chi connectivity index (χ3v) is 3.94. The summed E-state index contributed by atoms with van der Waals surface area (Å²) in [5.41, 5.74) is 5.85. The minimum absolute atomic E-state index is 0.0476. The van der Waals surface area contributed by atoms with Gasteiger partial charge in [0.2, 0.25) is 5.91 Å². The van der Waals surface area contributed by atoms with E-state index in [-0.39, 0.29) is 29.1 Å². The summed E-state index contributed by atoms with van der Waals surface area (Å²) in [5, 5.41) is 12.1. The number of carbonyl (C=O) groups excluding carboxylic acids is 1. The number of carbonyl (C=O) groups is 1. The summed E-state index contributed by atoms with van der Waals surface area (Å²) in [7, 11) is 0. The van der Waals surface area contributed by atoms with Crippen LogP contribution in [-0.4, -0.2) is 27.7 Å². The Morgan fingerprint density at radius 3 is 2.77 bits per heavy atom. The van der Waals surface area contributed by atoms with Crippen LogP contribution in [0, 0.1) is 17.2 Å². The summed E-state index contributed by atoms with van der Waals surface area (Å²) in [6.45, 7) is 6.41. The molecule has 6 nitrogen and oxygen atoms in total. The molecule has 0 unspecified atom stereocenters. The number of nitrogen functional groups attached to an aromatic ring is 1. The van der Waals surface area contributed by atoms with E-state index in [0.717, 1.165) is 12.8 Å². The molecule has 0 saturated heterocycles. The van der Waals surface area contributed by atoms with Crippen molar-refractivity contribution in [3.05, 3.63) is 11.8 Å². The van der Waals surface area contributed by atoms with Crippen LogP contribution in [-0.2, 0) is 4.79 Å². The number of aromatic nitrogens is 2. The van der Waals surface area contributed by atoms with Gasteiger partial charge in [-0.05, 0) is 19.3 Å². The first kappa shape index (κ1) is 18.2. The van der Waals surface area contributed by atoms with Crippen molar-refractivity contribution < 1.29 is 4.79 Å². The molecule has 0 spiro atoms. The molecule has 0 aliphatic carbocycles. The van der Waals surface area contributed by atoms with Crippen LogP contribution in [0.3, 0.4) is 0 Å². The van der Waals surface area contributed by atoms with E-state index >= 15 is 0 Å². The molecule has 1 atom stereocenters. The van der Waals surface area contributed by atoms with E-state index in [1.807, 2.05) is 13.0 Å². The first-order chi connectivity index (χ1) is 10.4. The minimum Gasteiger partial charge on any atom is -0.382 e. The predicted octanol–water partition coefficient (Wildman–Crippen LogP) is 2.35. The zero-order chi connectivity index (χ0) is 16.5. The van der Waals surface area contributed by atoms with Crippen molar-refractivity contribution in [2.45, 2.75) is 51.2 Å². The molecule has 1 aromatic rings. The van der Waals surface area contributed by atoms with E-state index in [0.29, 0.717) is 11.1 Å². The van der Waals surface area contributed by atoms with Crippen molar-refractivity contribution in [2.24, 2.45) is 5.92 Å². The maximum absolute atomic E-state index is 11.9. The number of thioether (sulfide) groups is 1. The predicted molar refractivity (Wildman–Crippen MR) is 88.2 cm³/mol. The van der Waals surface area contributed by atoms with Gasteiger partial charge in [0, 0.05) is 6.04 Å². The van der Waals surface area contributed by atoms with E-state index in [4.69, 9.17) is 11.0 Å². The van der Waals surface area contributed by atoms with Gasteiger partial charge in [0.15, 0.2) is 5.16 Å². The smallest absolute Gasteiger partial charge is 0.230 e. The molecule has 1 aromatic heterocycles. The Hall–Kier alpha value is -1.81. The molecular formula is C15H23N5OS. The molecule has 1 rings (SSSR count). The highest BCUT2D eigenvalue weighted by Crippen LogP contribution is 2.15. The van der Waals surface area contributed by atoms with Crippen LogP contribution >= 0.6 is 11.8 Å². The summed E-state index contributed by atoms with van der Waals surface area (Å²) in [6, 6.07) is 2.07. The standard InChI is InChI=1S/C15H23N5OS/c1-10(2)5-4-6-11(3)19-13(21)9-22-15-18-8-12(7-16)14(17)20-15/h8,10-11H,4-6,9H2,1-3H3,(H,19,21)(H2,17,18,20)/t11-/m1/s1. The van der Waals surface area contributed by atoms with Crippen LogP contribution in [0.5, 0.6) is 0 Å². The van der Waals surface area contributed by atoms with E-state index in [1.165, 1.54) is 24.4 Å². The van der Waals surface area contributed by atoms with Gasteiger partial charge in [0.05, 0.1) is 11.9 Å². The second-order valence-corrected chi connectivity index (χ2v) is 6.59. The molecule has 22 heavy (non-hydrogen) atoms. The van der Waals surface area contributed by atoms with E-state index < -0.39 is 0 Å². The molecule has 0 aliphatic heterocycles. The van der Waals surface area contributed by atoms with E-state index in [9.17, 15) is 4.79 Å². The quantitative estimate of drug-likeness (QED) is 0.562. The molecule has 0 bridgehead atoms. The van der Waals surface area contributed by atoms with Crippen molar-refractivity contribution >= 4 is 23.5 Å². The monoisotopic (exact) mass is 321 g/mol. The maximum atomic E-state index is 11.9. The van der Waals surface area contributed by atoms with Crippen LogP contribution in [0.4, 0.5) is 5.82 Å². The molecule has 3 N–H and O–H groups in total. The average molecular weight is 321 g/mol. The highest BCUT2D eigenvalue weighted by atomic mass is 32.2. The van der Waals surface area contributed by atoms with Gasteiger partial charge in [-0.25, -0.2) is 9.97 Å². The van der Waals surface area contributed by atoms with Crippen molar-refractivity contribution in [2.75, 3.05) is 11.5 Å². The number of hydrogen-bond acceptors (Lipinski definition) is 6. The average Bonchev–Trinajstić information content (AvgIpc) is 2.44. The minimum atomic E-state index is -0.0476. The number of hydrogen-bond donors (Lipinski definition) is 2. The Morgan fingerprint density at radius 2 is 2.18 bits per heavy atom. The molecule has 0 saturated carbocycles. The lowest BCUT2D eigenvalue weighted by Gasteiger charge is -2.14. The first-order valence-electron chi connectivity index (χ1n) is 7.37. The number of nitriles is 1. The van der Waals surface area contributed by atoms with Crippen LogP contribution < -0.4 is 11.1 Å². The van der Waals surface area contributed by atoms with Crippen LogP contribution in [0.1, 0.15) is 45.6 Å². The fourth-order valence-electron chi connectivity index (χ4n) is 1.88.